The summed E-state index contributed by atoms with van der Waals surface area (Å²) in [6, 6.07) is -0.101. The van der Waals surface area contributed by atoms with E-state index in [1.165, 1.54) is 4.90 Å². The second-order valence-electron chi connectivity index (χ2n) is 4.59. The van der Waals surface area contributed by atoms with Gasteiger partial charge in [0.15, 0.2) is 6.23 Å². The molecule has 6 heteroatoms. The molecule has 0 radical (unpaired) electrons. The van der Waals surface area contributed by atoms with E-state index in [1.54, 1.807) is 11.9 Å². The molecule has 1 aliphatic carbocycles. The van der Waals surface area contributed by atoms with Gasteiger partial charge in [-0.25, -0.2) is 4.79 Å². The Balaban J connectivity index is 1.94. The molecule has 96 valence electrons. The van der Waals surface area contributed by atoms with Crippen LogP contribution >= 0.6 is 11.6 Å². The van der Waals surface area contributed by atoms with Gasteiger partial charge in [0.25, 0.3) is 0 Å². The van der Waals surface area contributed by atoms with Gasteiger partial charge in [-0.05, 0) is 19.8 Å². The number of alkyl halides is 1. The molecular weight excluding hydrogens is 244 g/mol. The zero-order valence-corrected chi connectivity index (χ0v) is 10.9. The average Bonchev–Trinajstić information content (AvgIpc) is 3.05. The number of carbonyl (C=O) groups excluding carboxylic acids is 2. The minimum atomic E-state index is -0.814. The van der Waals surface area contributed by atoms with Crippen molar-refractivity contribution in [3.63, 3.8) is 0 Å². The fraction of sp³-hybridized carbons (Fsp3) is 0.818. The first kappa shape index (κ1) is 12.5. The van der Waals surface area contributed by atoms with Crippen molar-refractivity contribution in [3.05, 3.63) is 0 Å². The van der Waals surface area contributed by atoms with Crippen LogP contribution in [0.4, 0.5) is 4.79 Å². The third-order valence-corrected chi connectivity index (χ3v) is 3.86. The Morgan fingerprint density at radius 1 is 1.59 bits per heavy atom. The van der Waals surface area contributed by atoms with E-state index in [2.05, 4.69) is 0 Å². The molecular formula is C11H17ClN2O3. The van der Waals surface area contributed by atoms with Crippen LogP contribution in [0.3, 0.4) is 0 Å². The highest BCUT2D eigenvalue weighted by Gasteiger charge is 2.51. The average molecular weight is 261 g/mol. The highest BCUT2D eigenvalue weighted by Crippen LogP contribution is 2.44. The van der Waals surface area contributed by atoms with Crippen molar-refractivity contribution in [3.8, 4) is 0 Å². The molecule has 5 nitrogen and oxygen atoms in total. The van der Waals surface area contributed by atoms with Crippen molar-refractivity contribution in [1.29, 1.82) is 0 Å². The largest absolute Gasteiger partial charge is 0.440 e. The minimum absolute atomic E-state index is 0.101. The van der Waals surface area contributed by atoms with Crippen molar-refractivity contribution in [2.45, 2.75) is 37.3 Å². The van der Waals surface area contributed by atoms with Crippen LogP contribution in [0.5, 0.6) is 0 Å². The molecule has 1 heterocycles. The fourth-order valence-corrected chi connectivity index (χ4v) is 2.02. The van der Waals surface area contributed by atoms with Gasteiger partial charge in [0.2, 0.25) is 0 Å². The van der Waals surface area contributed by atoms with Crippen LogP contribution in [0.1, 0.15) is 26.2 Å². The number of urea groups is 1. The van der Waals surface area contributed by atoms with Crippen LogP contribution in [-0.4, -0.2) is 53.0 Å². The fourth-order valence-electron chi connectivity index (χ4n) is 1.88. The summed E-state index contributed by atoms with van der Waals surface area (Å²) in [4.78, 5) is 25.9. The van der Waals surface area contributed by atoms with Gasteiger partial charge in [0, 0.05) is 26.6 Å². The Morgan fingerprint density at radius 3 is 2.76 bits per heavy atom. The van der Waals surface area contributed by atoms with Crippen LogP contribution in [-0.2, 0) is 9.53 Å². The lowest BCUT2D eigenvalue weighted by molar-refractivity contribution is -0.158. The predicted molar refractivity (Wildman–Crippen MR) is 62.7 cm³/mol. The van der Waals surface area contributed by atoms with Crippen LogP contribution in [0.25, 0.3) is 0 Å². The quantitative estimate of drug-likeness (QED) is 0.569. The van der Waals surface area contributed by atoms with E-state index in [-0.39, 0.29) is 6.03 Å². The summed E-state index contributed by atoms with van der Waals surface area (Å²) in [5.74, 6) is -0.395. The SMILES string of the molecule is CCN1CCC(OC(=O)C2(Cl)CC2)N(C)C1=O. The van der Waals surface area contributed by atoms with E-state index >= 15 is 0 Å². The number of esters is 1. The summed E-state index contributed by atoms with van der Waals surface area (Å²) in [5, 5.41) is 0. The Kier molecular flexibility index (Phi) is 3.21. The third-order valence-electron chi connectivity index (χ3n) is 3.33. The molecule has 2 rings (SSSR count). The first-order valence-electron chi connectivity index (χ1n) is 5.89. The normalized spacial score (nSPS) is 27.0. The summed E-state index contributed by atoms with van der Waals surface area (Å²) in [7, 11) is 1.65. The Labute approximate surface area is 106 Å². The molecule has 2 amide bonds. The van der Waals surface area contributed by atoms with E-state index in [0.29, 0.717) is 32.4 Å². The first-order valence-corrected chi connectivity index (χ1v) is 6.27. The number of halogens is 1. The third kappa shape index (κ3) is 2.34. The molecule has 0 aromatic heterocycles. The molecule has 1 atom stereocenters. The lowest BCUT2D eigenvalue weighted by Crippen LogP contribution is -2.54. The summed E-state index contributed by atoms with van der Waals surface area (Å²) in [6.45, 7) is 3.21. The minimum Gasteiger partial charge on any atom is -0.440 e. The zero-order valence-electron chi connectivity index (χ0n) is 10.1. The van der Waals surface area contributed by atoms with Crippen molar-refractivity contribution in [2.24, 2.45) is 0 Å². The van der Waals surface area contributed by atoms with Gasteiger partial charge in [-0.2, -0.15) is 0 Å². The van der Waals surface area contributed by atoms with Gasteiger partial charge in [0.05, 0.1) is 0 Å². The van der Waals surface area contributed by atoms with Crippen molar-refractivity contribution < 1.29 is 14.3 Å². The second kappa shape index (κ2) is 4.37. The Bertz CT molecular complexity index is 344. The number of hydrogen-bond donors (Lipinski definition) is 0. The van der Waals surface area contributed by atoms with Gasteiger partial charge in [-0.1, -0.05) is 0 Å². The van der Waals surface area contributed by atoms with Gasteiger partial charge >= 0.3 is 12.0 Å². The molecule has 0 spiro atoms. The van der Waals surface area contributed by atoms with Gasteiger partial charge in [-0.15, -0.1) is 11.6 Å². The van der Waals surface area contributed by atoms with Crippen molar-refractivity contribution >= 4 is 23.6 Å². The topological polar surface area (TPSA) is 49.9 Å². The molecule has 0 N–H and O–H groups in total. The van der Waals surface area contributed by atoms with E-state index in [9.17, 15) is 9.59 Å². The van der Waals surface area contributed by atoms with Gasteiger partial charge in [-0.3, -0.25) is 9.69 Å². The number of carbonyl (C=O) groups is 2. The molecule has 1 aliphatic heterocycles. The van der Waals surface area contributed by atoms with E-state index in [0.717, 1.165) is 0 Å². The number of nitrogens with zero attached hydrogens (tertiary/aromatic N) is 2. The molecule has 2 aliphatic rings. The van der Waals surface area contributed by atoms with E-state index in [1.807, 2.05) is 6.92 Å². The first-order chi connectivity index (χ1) is 7.98. The molecule has 0 aromatic rings. The number of amides is 2. The standard InChI is InChI=1S/C11H17ClN2O3/c1-3-14-7-4-8(13(2)10(14)16)17-9(15)11(12)5-6-11/h8H,3-7H2,1-2H3. The highest BCUT2D eigenvalue weighted by molar-refractivity contribution is 6.36. The molecule has 2 fully saturated rings. The molecule has 1 saturated heterocycles. The van der Waals surface area contributed by atoms with E-state index < -0.39 is 17.1 Å². The summed E-state index contributed by atoms with van der Waals surface area (Å²) in [5.41, 5.74) is 0. The Morgan fingerprint density at radius 2 is 2.24 bits per heavy atom. The Hall–Kier alpha value is -0.970. The van der Waals surface area contributed by atoms with Gasteiger partial charge in [0.1, 0.15) is 4.87 Å². The van der Waals surface area contributed by atoms with Crippen molar-refractivity contribution in [2.75, 3.05) is 20.1 Å². The lowest BCUT2D eigenvalue weighted by atomic mass is 10.2. The monoisotopic (exact) mass is 260 g/mol. The van der Waals surface area contributed by atoms with E-state index in [4.69, 9.17) is 16.3 Å². The number of ether oxygens (including phenoxy) is 1. The number of rotatable bonds is 3. The number of hydrogen-bond acceptors (Lipinski definition) is 3. The maximum Gasteiger partial charge on any atom is 0.329 e. The molecule has 17 heavy (non-hydrogen) atoms. The van der Waals surface area contributed by atoms with Crippen LogP contribution in [0, 0.1) is 0 Å². The predicted octanol–water partition coefficient (Wildman–Crippen LogP) is 1.40. The summed E-state index contributed by atoms with van der Waals surface area (Å²) in [6.07, 6.45) is 1.49. The summed E-state index contributed by atoms with van der Waals surface area (Å²) >= 11 is 5.97. The van der Waals surface area contributed by atoms with Crippen molar-refractivity contribution in [1.82, 2.24) is 9.80 Å². The molecule has 0 bridgehead atoms. The maximum absolute atomic E-state index is 11.8. The summed E-state index contributed by atoms with van der Waals surface area (Å²) < 4.78 is 5.30. The molecule has 0 aromatic carbocycles. The smallest absolute Gasteiger partial charge is 0.329 e. The lowest BCUT2D eigenvalue weighted by Gasteiger charge is -2.38. The van der Waals surface area contributed by atoms with Gasteiger partial charge < -0.3 is 9.64 Å². The second-order valence-corrected chi connectivity index (χ2v) is 5.31. The highest BCUT2D eigenvalue weighted by atomic mass is 35.5. The van der Waals surface area contributed by atoms with Crippen LogP contribution in [0.15, 0.2) is 0 Å². The molecule has 1 saturated carbocycles. The van der Waals surface area contributed by atoms with Crippen LogP contribution < -0.4 is 0 Å². The molecule has 1 unspecified atom stereocenters. The maximum atomic E-state index is 11.8. The zero-order chi connectivity index (χ0) is 12.6. The van der Waals surface area contributed by atoms with Crippen LogP contribution in [0.2, 0.25) is 0 Å².